The van der Waals surface area contributed by atoms with Gasteiger partial charge in [0.2, 0.25) is 0 Å². The van der Waals surface area contributed by atoms with Crippen LogP contribution in [0.25, 0.3) is 0 Å². The van der Waals surface area contributed by atoms with Gasteiger partial charge in [-0.15, -0.1) is 0 Å². The van der Waals surface area contributed by atoms with Gasteiger partial charge in [-0.1, -0.05) is 12.2 Å². The van der Waals surface area contributed by atoms with E-state index >= 15 is 0 Å². The Hall–Kier alpha value is -0.830. The predicted octanol–water partition coefficient (Wildman–Crippen LogP) is 1.45. The molecule has 13 heavy (non-hydrogen) atoms. The number of carbonyl (C=O) groups is 1. The summed E-state index contributed by atoms with van der Waals surface area (Å²) >= 11 is 0. The Bertz CT molecular complexity index is 189. The molecule has 3 heteroatoms. The van der Waals surface area contributed by atoms with Crippen molar-refractivity contribution in [1.29, 1.82) is 0 Å². The third-order valence-electron chi connectivity index (χ3n) is 1.86. The van der Waals surface area contributed by atoms with Gasteiger partial charge in [-0.3, -0.25) is 4.79 Å². The second kappa shape index (κ2) is 5.75. The van der Waals surface area contributed by atoms with Crippen LogP contribution in [0.4, 0.5) is 0 Å². The summed E-state index contributed by atoms with van der Waals surface area (Å²) in [4.78, 5) is 13.3. The quantitative estimate of drug-likeness (QED) is 0.607. The standard InChI is InChI=1S/C10H19NO2/c1-6-11(7-8(2)3)10(12)9(4)13-5/h9H,2,6-7H2,1,3-5H3. The Morgan fingerprint density at radius 2 is 2.15 bits per heavy atom. The second-order valence-corrected chi connectivity index (χ2v) is 3.19. The van der Waals surface area contributed by atoms with E-state index in [1.807, 2.05) is 13.8 Å². The lowest BCUT2D eigenvalue weighted by molar-refractivity contribution is -0.140. The number of nitrogens with zero attached hydrogens (tertiary/aromatic N) is 1. The van der Waals surface area contributed by atoms with Crippen LogP contribution in [0.5, 0.6) is 0 Å². The Balaban J connectivity index is 4.22. The minimum absolute atomic E-state index is 0.0213. The minimum atomic E-state index is -0.362. The van der Waals surface area contributed by atoms with Crippen molar-refractivity contribution in [3.63, 3.8) is 0 Å². The number of rotatable bonds is 5. The maximum Gasteiger partial charge on any atom is 0.251 e. The summed E-state index contributed by atoms with van der Waals surface area (Å²) in [5, 5.41) is 0. The molecule has 0 saturated carbocycles. The number of ether oxygens (including phenoxy) is 1. The molecule has 0 N–H and O–H groups in total. The summed E-state index contributed by atoms with van der Waals surface area (Å²) in [6, 6.07) is 0. The van der Waals surface area contributed by atoms with E-state index in [-0.39, 0.29) is 12.0 Å². The van der Waals surface area contributed by atoms with E-state index in [1.54, 1.807) is 11.8 Å². The summed E-state index contributed by atoms with van der Waals surface area (Å²) in [7, 11) is 1.54. The van der Waals surface area contributed by atoms with Gasteiger partial charge < -0.3 is 9.64 Å². The van der Waals surface area contributed by atoms with Gasteiger partial charge in [0.25, 0.3) is 5.91 Å². The normalized spacial score (nSPS) is 12.3. The summed E-state index contributed by atoms with van der Waals surface area (Å²) in [6.45, 7) is 10.7. The molecular formula is C10H19NO2. The molecule has 0 fully saturated rings. The average Bonchev–Trinajstić information content (AvgIpc) is 2.11. The maximum atomic E-state index is 11.6. The molecule has 0 aromatic carbocycles. The fraction of sp³-hybridized carbons (Fsp3) is 0.700. The first-order valence-corrected chi connectivity index (χ1v) is 4.48. The van der Waals surface area contributed by atoms with E-state index in [0.29, 0.717) is 13.1 Å². The van der Waals surface area contributed by atoms with Crippen molar-refractivity contribution < 1.29 is 9.53 Å². The first kappa shape index (κ1) is 12.2. The zero-order valence-corrected chi connectivity index (χ0v) is 8.96. The first-order valence-electron chi connectivity index (χ1n) is 4.48. The SMILES string of the molecule is C=C(C)CN(CC)C(=O)C(C)OC. The van der Waals surface area contributed by atoms with Crippen LogP contribution < -0.4 is 0 Å². The van der Waals surface area contributed by atoms with Crippen LogP contribution >= 0.6 is 0 Å². The lowest BCUT2D eigenvalue weighted by Crippen LogP contribution is -2.39. The lowest BCUT2D eigenvalue weighted by atomic mass is 10.2. The number of hydrogen-bond acceptors (Lipinski definition) is 2. The van der Waals surface area contributed by atoms with Gasteiger partial charge in [-0.05, 0) is 20.8 Å². The number of amides is 1. The van der Waals surface area contributed by atoms with Crippen LogP contribution in [0, 0.1) is 0 Å². The van der Waals surface area contributed by atoms with Gasteiger partial charge in [0.15, 0.2) is 0 Å². The van der Waals surface area contributed by atoms with Crippen molar-refractivity contribution in [2.24, 2.45) is 0 Å². The highest BCUT2D eigenvalue weighted by molar-refractivity contribution is 5.80. The van der Waals surface area contributed by atoms with Crippen molar-refractivity contribution in [1.82, 2.24) is 4.90 Å². The molecule has 0 spiro atoms. The van der Waals surface area contributed by atoms with E-state index in [0.717, 1.165) is 5.57 Å². The van der Waals surface area contributed by atoms with Crippen LogP contribution in [0.1, 0.15) is 20.8 Å². The van der Waals surface area contributed by atoms with Gasteiger partial charge >= 0.3 is 0 Å². The van der Waals surface area contributed by atoms with Gasteiger partial charge in [0.05, 0.1) is 0 Å². The second-order valence-electron chi connectivity index (χ2n) is 3.19. The average molecular weight is 185 g/mol. The van der Waals surface area contributed by atoms with Crippen LogP contribution in [-0.4, -0.2) is 37.1 Å². The maximum absolute atomic E-state index is 11.6. The van der Waals surface area contributed by atoms with Crippen LogP contribution in [0.15, 0.2) is 12.2 Å². The first-order chi connectivity index (χ1) is 6.02. The molecule has 0 rings (SSSR count). The summed E-state index contributed by atoms with van der Waals surface area (Å²) in [5.74, 6) is 0.0213. The number of hydrogen-bond donors (Lipinski definition) is 0. The molecule has 76 valence electrons. The molecule has 0 bridgehead atoms. The fourth-order valence-corrected chi connectivity index (χ4v) is 1.03. The monoisotopic (exact) mass is 185 g/mol. The van der Waals surface area contributed by atoms with Gasteiger partial charge in [0.1, 0.15) is 6.10 Å². The predicted molar refractivity (Wildman–Crippen MR) is 53.5 cm³/mol. The zero-order chi connectivity index (χ0) is 10.4. The third kappa shape index (κ3) is 4.08. The van der Waals surface area contributed by atoms with Crippen molar-refractivity contribution in [2.75, 3.05) is 20.2 Å². The molecule has 0 radical (unpaired) electrons. The topological polar surface area (TPSA) is 29.5 Å². The van der Waals surface area contributed by atoms with E-state index in [2.05, 4.69) is 6.58 Å². The van der Waals surface area contributed by atoms with Crippen LogP contribution in [0.2, 0.25) is 0 Å². The van der Waals surface area contributed by atoms with E-state index in [4.69, 9.17) is 4.74 Å². The molecule has 0 aliphatic heterocycles. The number of methoxy groups -OCH3 is 1. The van der Waals surface area contributed by atoms with Crippen molar-refractivity contribution >= 4 is 5.91 Å². The van der Waals surface area contributed by atoms with Gasteiger partial charge in [0, 0.05) is 20.2 Å². The van der Waals surface area contributed by atoms with Crippen LogP contribution in [0.3, 0.4) is 0 Å². The fourth-order valence-electron chi connectivity index (χ4n) is 1.03. The highest BCUT2D eigenvalue weighted by Crippen LogP contribution is 2.01. The molecule has 1 atom stereocenters. The molecule has 1 unspecified atom stereocenters. The molecule has 1 amide bonds. The Labute approximate surface area is 80.4 Å². The van der Waals surface area contributed by atoms with Crippen molar-refractivity contribution in [3.05, 3.63) is 12.2 Å². The highest BCUT2D eigenvalue weighted by Gasteiger charge is 2.18. The molecule has 0 aliphatic carbocycles. The van der Waals surface area contributed by atoms with E-state index in [1.165, 1.54) is 7.11 Å². The molecule has 3 nitrogen and oxygen atoms in total. The minimum Gasteiger partial charge on any atom is -0.372 e. The summed E-state index contributed by atoms with van der Waals surface area (Å²) in [6.07, 6.45) is -0.362. The Morgan fingerprint density at radius 1 is 1.62 bits per heavy atom. The smallest absolute Gasteiger partial charge is 0.251 e. The Kier molecular flexibility index (Phi) is 5.39. The molecule has 0 aliphatic rings. The van der Waals surface area contributed by atoms with Crippen molar-refractivity contribution in [2.45, 2.75) is 26.9 Å². The van der Waals surface area contributed by atoms with E-state index in [9.17, 15) is 4.79 Å². The lowest BCUT2D eigenvalue weighted by Gasteiger charge is -2.23. The van der Waals surface area contributed by atoms with E-state index < -0.39 is 0 Å². The largest absolute Gasteiger partial charge is 0.372 e. The molecule has 0 heterocycles. The molecule has 0 saturated heterocycles. The number of carbonyl (C=O) groups excluding carboxylic acids is 1. The molecule has 0 aromatic rings. The molecular weight excluding hydrogens is 166 g/mol. The summed E-state index contributed by atoms with van der Waals surface area (Å²) in [5.41, 5.74) is 0.985. The van der Waals surface area contributed by atoms with Crippen LogP contribution in [-0.2, 0) is 9.53 Å². The number of likely N-dealkylation sites (N-methyl/N-ethyl adjacent to an activating group) is 1. The molecule has 0 aromatic heterocycles. The van der Waals surface area contributed by atoms with Crippen molar-refractivity contribution in [3.8, 4) is 0 Å². The van der Waals surface area contributed by atoms with Gasteiger partial charge in [-0.2, -0.15) is 0 Å². The zero-order valence-electron chi connectivity index (χ0n) is 8.96. The third-order valence-corrected chi connectivity index (χ3v) is 1.86. The van der Waals surface area contributed by atoms with Gasteiger partial charge in [-0.25, -0.2) is 0 Å². The highest BCUT2D eigenvalue weighted by atomic mass is 16.5. The Morgan fingerprint density at radius 3 is 2.46 bits per heavy atom. The summed E-state index contributed by atoms with van der Waals surface area (Å²) < 4.78 is 4.96.